The Kier molecular flexibility index (Phi) is 36.2. The Morgan fingerprint density at radius 3 is 1.24 bits per heavy atom. The first kappa shape index (κ1) is 48.6. The van der Waals surface area contributed by atoms with Gasteiger partial charge in [-0.05, 0) is 38.5 Å². The molecular weight excluding hydrogens is 643 g/mol. The molecule has 0 aromatic heterocycles. The lowest BCUT2D eigenvalue weighted by Crippen LogP contribution is -2.46. The molecule has 0 aliphatic carbocycles. The van der Waals surface area contributed by atoms with E-state index in [2.05, 4.69) is 43.5 Å². The number of carbonyl (C=O) groups is 1. The van der Waals surface area contributed by atoms with E-state index in [1.54, 1.807) is 6.08 Å². The van der Waals surface area contributed by atoms with E-state index in [0.717, 1.165) is 44.9 Å². The van der Waals surface area contributed by atoms with Crippen molar-refractivity contribution in [2.45, 2.75) is 225 Å². The Hall–Kier alpha value is -1.44. The van der Waals surface area contributed by atoms with Gasteiger partial charge in [0, 0.05) is 6.42 Å². The maximum atomic E-state index is 12.5. The molecule has 0 aliphatic rings. The number of allylic oxidation sites excluding steroid dienone is 5. The van der Waals surface area contributed by atoms with E-state index in [1.807, 2.05) is 0 Å². The Labute approximate surface area is 310 Å². The van der Waals surface area contributed by atoms with Gasteiger partial charge >= 0.3 is 0 Å². The largest absolute Gasteiger partial charge is 0.387 e. The summed E-state index contributed by atoms with van der Waals surface area (Å²) in [6, 6.07) is -1.08. The van der Waals surface area contributed by atoms with Gasteiger partial charge in [0.1, 0.15) is 0 Å². The van der Waals surface area contributed by atoms with Gasteiger partial charge in [0.05, 0.1) is 17.9 Å². The van der Waals surface area contributed by atoms with Crippen LogP contribution in [0.4, 0.5) is 0 Å². The number of hydrogen-bond donors (Lipinski definition) is 3. The van der Waals surface area contributed by atoms with E-state index < -0.39 is 28.0 Å². The molecule has 0 bridgehead atoms. The first-order valence-electron chi connectivity index (χ1n) is 21.2. The highest BCUT2D eigenvalue weighted by Crippen LogP contribution is 2.16. The molecule has 0 heterocycles. The summed E-state index contributed by atoms with van der Waals surface area (Å²) in [7, 11) is -4.35. The number of aliphatic hydroxyl groups excluding tert-OH is 1. The van der Waals surface area contributed by atoms with E-state index in [0.29, 0.717) is 6.42 Å². The van der Waals surface area contributed by atoms with Crippen molar-refractivity contribution in [3.8, 4) is 0 Å². The van der Waals surface area contributed by atoms with Gasteiger partial charge in [0.25, 0.3) is 10.1 Å². The van der Waals surface area contributed by atoms with Crippen molar-refractivity contribution in [3.63, 3.8) is 0 Å². The molecule has 0 aliphatic heterocycles. The minimum absolute atomic E-state index is 0.288. The van der Waals surface area contributed by atoms with Crippen molar-refractivity contribution in [2.24, 2.45) is 0 Å². The summed E-state index contributed by atoms with van der Waals surface area (Å²) in [5.74, 6) is -1.00. The average molecular weight is 724 g/mol. The van der Waals surface area contributed by atoms with Crippen molar-refractivity contribution in [3.05, 3.63) is 36.5 Å². The maximum absolute atomic E-state index is 12.5. The van der Waals surface area contributed by atoms with E-state index in [-0.39, 0.29) is 12.3 Å². The normalized spacial score (nSPS) is 13.6. The number of amides is 1. The fraction of sp³-hybridized carbons (Fsp3) is 0.837. The minimum atomic E-state index is -4.35. The molecule has 0 saturated carbocycles. The number of rotatable bonds is 38. The van der Waals surface area contributed by atoms with Crippen LogP contribution in [0.5, 0.6) is 0 Å². The standard InChI is InChI=1S/C43H81NO5S/c1-3-5-7-9-11-13-15-17-18-19-20-21-22-23-24-25-26-27-29-31-33-35-37-39-43(46)44-41(40-50(47,48)49)42(45)38-36-34-32-30-28-16-14-12-10-8-6-4-2/h10,12,28,30,36,38,41-42,45H,3-9,11,13-27,29,31-35,37,39-40H2,1-2H3,(H,44,46)(H,47,48,49)/b12-10+,30-28+,38-36+. The number of hydrogen-bond acceptors (Lipinski definition) is 4. The number of aliphatic hydroxyl groups is 1. The second-order valence-corrected chi connectivity index (χ2v) is 16.1. The van der Waals surface area contributed by atoms with E-state index in [9.17, 15) is 22.9 Å². The van der Waals surface area contributed by atoms with Crippen LogP contribution in [-0.2, 0) is 14.9 Å². The molecule has 1 amide bonds. The molecule has 50 heavy (non-hydrogen) atoms. The van der Waals surface area contributed by atoms with Crippen molar-refractivity contribution >= 4 is 16.0 Å². The number of unbranched alkanes of at least 4 members (excludes halogenated alkanes) is 26. The van der Waals surface area contributed by atoms with Crippen LogP contribution in [0, 0.1) is 0 Å². The van der Waals surface area contributed by atoms with Crippen molar-refractivity contribution in [1.82, 2.24) is 5.32 Å². The van der Waals surface area contributed by atoms with Gasteiger partial charge in [0.15, 0.2) is 0 Å². The molecule has 2 unspecified atom stereocenters. The highest BCUT2D eigenvalue weighted by molar-refractivity contribution is 7.85. The predicted octanol–water partition coefficient (Wildman–Crippen LogP) is 12.5. The van der Waals surface area contributed by atoms with Gasteiger partial charge in [-0.3, -0.25) is 9.35 Å². The lowest BCUT2D eigenvalue weighted by Gasteiger charge is -2.21. The zero-order valence-electron chi connectivity index (χ0n) is 32.8. The molecule has 294 valence electrons. The molecule has 0 aromatic rings. The summed E-state index contributed by atoms with van der Waals surface area (Å²) in [6.07, 6.45) is 48.6. The molecular formula is C43H81NO5S. The van der Waals surface area contributed by atoms with Crippen LogP contribution in [0.25, 0.3) is 0 Å². The highest BCUT2D eigenvalue weighted by Gasteiger charge is 2.24. The molecule has 0 spiro atoms. The van der Waals surface area contributed by atoms with Gasteiger partial charge in [-0.25, -0.2) is 0 Å². The third-order valence-electron chi connectivity index (χ3n) is 9.55. The van der Waals surface area contributed by atoms with Crippen LogP contribution >= 0.6 is 0 Å². The molecule has 2 atom stereocenters. The van der Waals surface area contributed by atoms with Crippen LogP contribution in [0.3, 0.4) is 0 Å². The molecule has 6 nitrogen and oxygen atoms in total. The van der Waals surface area contributed by atoms with Gasteiger partial charge in [-0.1, -0.05) is 204 Å². The second-order valence-electron chi connectivity index (χ2n) is 14.6. The first-order valence-corrected chi connectivity index (χ1v) is 22.8. The molecule has 0 radical (unpaired) electrons. The maximum Gasteiger partial charge on any atom is 0.267 e. The van der Waals surface area contributed by atoms with E-state index in [4.69, 9.17) is 0 Å². The highest BCUT2D eigenvalue weighted by atomic mass is 32.2. The predicted molar refractivity (Wildman–Crippen MR) is 216 cm³/mol. The second kappa shape index (κ2) is 37.3. The third kappa shape index (κ3) is 37.8. The lowest BCUT2D eigenvalue weighted by atomic mass is 10.0. The van der Waals surface area contributed by atoms with Crippen molar-refractivity contribution < 1.29 is 22.9 Å². The summed E-state index contributed by atoms with van der Waals surface area (Å²) >= 11 is 0. The Morgan fingerprint density at radius 1 is 0.520 bits per heavy atom. The molecule has 0 rings (SSSR count). The van der Waals surface area contributed by atoms with E-state index >= 15 is 0 Å². The third-order valence-corrected chi connectivity index (χ3v) is 10.3. The number of carbonyl (C=O) groups excluding carboxylic acids is 1. The Bertz CT molecular complexity index is 930. The molecule has 3 N–H and O–H groups in total. The van der Waals surface area contributed by atoms with Crippen LogP contribution in [0.2, 0.25) is 0 Å². The van der Waals surface area contributed by atoms with Gasteiger partial charge in [-0.2, -0.15) is 8.42 Å². The van der Waals surface area contributed by atoms with E-state index in [1.165, 1.54) is 147 Å². The van der Waals surface area contributed by atoms with Crippen LogP contribution in [0.15, 0.2) is 36.5 Å². The SMILES string of the molecule is CCCC/C=C/CC/C=C/CC/C=C/C(O)C(CS(=O)(=O)O)NC(=O)CCCCCCCCCCCCCCCCCCCCCCCCC. The zero-order valence-corrected chi connectivity index (χ0v) is 33.6. The summed E-state index contributed by atoms with van der Waals surface area (Å²) < 4.78 is 32.4. The van der Waals surface area contributed by atoms with Crippen molar-refractivity contribution in [2.75, 3.05) is 5.75 Å². The summed E-state index contributed by atoms with van der Waals surface area (Å²) in [5.41, 5.74) is 0. The Morgan fingerprint density at radius 2 is 0.860 bits per heavy atom. The monoisotopic (exact) mass is 724 g/mol. The molecule has 0 fully saturated rings. The number of nitrogens with one attached hydrogen (secondary N) is 1. The van der Waals surface area contributed by atoms with Gasteiger partial charge in [-0.15, -0.1) is 0 Å². The summed E-state index contributed by atoms with van der Waals surface area (Å²) in [5, 5.41) is 13.2. The van der Waals surface area contributed by atoms with Crippen LogP contribution in [0.1, 0.15) is 213 Å². The van der Waals surface area contributed by atoms with Gasteiger partial charge < -0.3 is 10.4 Å². The zero-order chi connectivity index (χ0) is 36.8. The molecule has 0 saturated heterocycles. The van der Waals surface area contributed by atoms with Crippen LogP contribution < -0.4 is 5.32 Å². The molecule has 0 aromatic carbocycles. The minimum Gasteiger partial charge on any atom is -0.387 e. The Balaban J connectivity index is 3.82. The quantitative estimate of drug-likeness (QED) is 0.0334. The topological polar surface area (TPSA) is 104 Å². The average Bonchev–Trinajstić information content (AvgIpc) is 3.08. The van der Waals surface area contributed by atoms with Gasteiger partial charge in [0.2, 0.25) is 5.91 Å². The summed E-state index contributed by atoms with van der Waals surface area (Å²) in [4.78, 5) is 12.5. The molecule has 7 heteroatoms. The fourth-order valence-electron chi connectivity index (χ4n) is 6.35. The van der Waals surface area contributed by atoms with Crippen LogP contribution in [-0.4, -0.2) is 41.9 Å². The van der Waals surface area contributed by atoms with Crippen molar-refractivity contribution in [1.29, 1.82) is 0 Å². The fourth-order valence-corrected chi connectivity index (χ4v) is 7.08. The lowest BCUT2D eigenvalue weighted by molar-refractivity contribution is -0.122. The smallest absolute Gasteiger partial charge is 0.267 e. The summed E-state index contributed by atoms with van der Waals surface area (Å²) in [6.45, 7) is 4.48. The first-order chi connectivity index (χ1) is 24.3.